The first-order chi connectivity index (χ1) is 10.7. The van der Waals surface area contributed by atoms with Crippen LogP contribution in [0.2, 0.25) is 0 Å². The predicted molar refractivity (Wildman–Crippen MR) is 89.1 cm³/mol. The monoisotopic (exact) mass is 298 g/mol. The van der Waals surface area contributed by atoms with Crippen LogP contribution in [-0.2, 0) is 0 Å². The highest BCUT2D eigenvalue weighted by atomic mass is 16.5. The van der Waals surface area contributed by atoms with E-state index in [1.165, 1.54) is 19.3 Å². The van der Waals surface area contributed by atoms with Crippen LogP contribution in [0.1, 0.15) is 25.0 Å². The Morgan fingerprint density at radius 2 is 1.91 bits per heavy atom. The van der Waals surface area contributed by atoms with E-state index in [1.54, 1.807) is 7.11 Å². The van der Waals surface area contributed by atoms with Gasteiger partial charge in [0.2, 0.25) is 5.95 Å². The molecule has 0 saturated carbocycles. The van der Waals surface area contributed by atoms with Crippen molar-refractivity contribution in [1.82, 2.24) is 9.97 Å². The molecular formula is C17H22N4O. The third-order valence-electron chi connectivity index (χ3n) is 3.85. The lowest BCUT2D eigenvalue weighted by atomic mass is 10.1. The van der Waals surface area contributed by atoms with E-state index < -0.39 is 0 Å². The average Bonchev–Trinajstić information content (AvgIpc) is 2.55. The number of rotatable bonds is 4. The summed E-state index contributed by atoms with van der Waals surface area (Å²) < 4.78 is 5.25. The molecule has 1 saturated heterocycles. The minimum Gasteiger partial charge on any atom is -0.497 e. The summed E-state index contributed by atoms with van der Waals surface area (Å²) in [6, 6.07) is 9.84. The molecular weight excluding hydrogens is 276 g/mol. The van der Waals surface area contributed by atoms with Gasteiger partial charge in [-0.15, -0.1) is 0 Å². The van der Waals surface area contributed by atoms with E-state index in [1.807, 2.05) is 31.2 Å². The second kappa shape index (κ2) is 6.64. The molecule has 0 spiro atoms. The SMILES string of the molecule is COc1cccc(Nc2nc(C)cc(N3CCCCC3)n2)c1. The van der Waals surface area contributed by atoms with Crippen molar-refractivity contribution in [3.05, 3.63) is 36.0 Å². The summed E-state index contributed by atoms with van der Waals surface area (Å²) in [5.41, 5.74) is 1.90. The van der Waals surface area contributed by atoms with Gasteiger partial charge in [-0.05, 0) is 38.3 Å². The highest BCUT2D eigenvalue weighted by Crippen LogP contribution is 2.23. The minimum absolute atomic E-state index is 0.633. The van der Waals surface area contributed by atoms with Crippen molar-refractivity contribution >= 4 is 17.5 Å². The van der Waals surface area contributed by atoms with Crippen LogP contribution in [0.15, 0.2) is 30.3 Å². The molecule has 1 aromatic carbocycles. The summed E-state index contributed by atoms with van der Waals surface area (Å²) in [6.07, 6.45) is 3.79. The van der Waals surface area contributed by atoms with Crippen LogP contribution >= 0.6 is 0 Å². The molecule has 0 bridgehead atoms. The number of nitrogens with one attached hydrogen (secondary N) is 1. The van der Waals surface area contributed by atoms with Crippen LogP contribution in [0.5, 0.6) is 5.75 Å². The molecule has 0 radical (unpaired) electrons. The van der Waals surface area contributed by atoms with Gasteiger partial charge in [0, 0.05) is 36.6 Å². The summed E-state index contributed by atoms with van der Waals surface area (Å²) in [4.78, 5) is 11.5. The van der Waals surface area contributed by atoms with Crippen LogP contribution < -0.4 is 15.0 Å². The van der Waals surface area contributed by atoms with E-state index in [4.69, 9.17) is 4.74 Å². The number of aromatic nitrogens is 2. The van der Waals surface area contributed by atoms with Gasteiger partial charge in [-0.3, -0.25) is 0 Å². The molecule has 1 aliphatic heterocycles. The Labute approximate surface area is 131 Å². The van der Waals surface area contributed by atoms with Gasteiger partial charge in [-0.2, -0.15) is 4.98 Å². The van der Waals surface area contributed by atoms with Gasteiger partial charge in [0.25, 0.3) is 0 Å². The van der Waals surface area contributed by atoms with Crippen LogP contribution in [0.25, 0.3) is 0 Å². The first kappa shape index (κ1) is 14.6. The molecule has 2 aromatic rings. The van der Waals surface area contributed by atoms with Gasteiger partial charge in [-0.1, -0.05) is 6.07 Å². The van der Waals surface area contributed by atoms with Crippen molar-refractivity contribution in [2.75, 3.05) is 30.4 Å². The minimum atomic E-state index is 0.633. The van der Waals surface area contributed by atoms with Gasteiger partial charge in [-0.25, -0.2) is 4.98 Å². The molecule has 0 atom stereocenters. The second-order valence-corrected chi connectivity index (χ2v) is 5.60. The maximum Gasteiger partial charge on any atom is 0.229 e. The zero-order chi connectivity index (χ0) is 15.4. The molecule has 5 nitrogen and oxygen atoms in total. The number of hydrogen-bond donors (Lipinski definition) is 1. The molecule has 1 N–H and O–H groups in total. The number of anilines is 3. The standard InChI is InChI=1S/C17H22N4O/c1-13-11-16(21-9-4-3-5-10-21)20-17(18-13)19-14-7-6-8-15(12-14)22-2/h6-8,11-12H,3-5,9-10H2,1-2H3,(H,18,19,20). The lowest BCUT2D eigenvalue weighted by Crippen LogP contribution is -2.30. The maximum absolute atomic E-state index is 5.25. The van der Waals surface area contributed by atoms with Gasteiger partial charge in [0.05, 0.1) is 7.11 Å². The quantitative estimate of drug-likeness (QED) is 0.936. The first-order valence-corrected chi connectivity index (χ1v) is 7.76. The summed E-state index contributed by atoms with van der Waals surface area (Å²) in [5, 5.41) is 3.27. The molecule has 0 amide bonds. The molecule has 0 unspecified atom stereocenters. The lowest BCUT2D eigenvalue weighted by molar-refractivity contribution is 0.415. The number of nitrogens with zero attached hydrogens (tertiary/aromatic N) is 3. The van der Waals surface area contributed by atoms with E-state index in [0.29, 0.717) is 5.95 Å². The van der Waals surface area contributed by atoms with E-state index >= 15 is 0 Å². The summed E-state index contributed by atoms with van der Waals surface area (Å²) in [5.74, 6) is 2.46. The third kappa shape index (κ3) is 3.47. The molecule has 3 rings (SSSR count). The number of aryl methyl sites for hydroxylation is 1. The molecule has 5 heteroatoms. The molecule has 116 valence electrons. The highest BCUT2D eigenvalue weighted by Gasteiger charge is 2.14. The Morgan fingerprint density at radius 1 is 1.09 bits per heavy atom. The van der Waals surface area contributed by atoms with Crippen molar-refractivity contribution in [1.29, 1.82) is 0 Å². The topological polar surface area (TPSA) is 50.3 Å². The molecule has 22 heavy (non-hydrogen) atoms. The molecule has 1 fully saturated rings. The summed E-state index contributed by atoms with van der Waals surface area (Å²) in [7, 11) is 1.66. The zero-order valence-electron chi connectivity index (χ0n) is 13.2. The first-order valence-electron chi connectivity index (χ1n) is 7.76. The molecule has 0 aliphatic carbocycles. The maximum atomic E-state index is 5.25. The van der Waals surface area contributed by atoms with Crippen molar-refractivity contribution in [3.8, 4) is 5.75 Å². The Bertz CT molecular complexity index is 638. The van der Waals surface area contributed by atoms with Crippen molar-refractivity contribution in [2.24, 2.45) is 0 Å². The lowest BCUT2D eigenvalue weighted by Gasteiger charge is -2.28. The Kier molecular flexibility index (Phi) is 4.42. The molecule has 1 aromatic heterocycles. The Hall–Kier alpha value is -2.30. The second-order valence-electron chi connectivity index (χ2n) is 5.60. The number of methoxy groups -OCH3 is 1. The third-order valence-corrected chi connectivity index (χ3v) is 3.85. The van der Waals surface area contributed by atoms with Gasteiger partial charge in [0.1, 0.15) is 11.6 Å². The van der Waals surface area contributed by atoms with E-state index in [9.17, 15) is 0 Å². The van der Waals surface area contributed by atoms with Crippen LogP contribution in [0.4, 0.5) is 17.5 Å². The van der Waals surface area contributed by atoms with Crippen molar-refractivity contribution in [3.63, 3.8) is 0 Å². The number of piperidine rings is 1. The Balaban J connectivity index is 1.82. The number of ether oxygens (including phenoxy) is 1. The van der Waals surface area contributed by atoms with Crippen LogP contribution in [0.3, 0.4) is 0 Å². The molecule has 1 aliphatic rings. The normalized spacial score (nSPS) is 14.7. The summed E-state index contributed by atoms with van der Waals surface area (Å²) >= 11 is 0. The number of hydrogen-bond acceptors (Lipinski definition) is 5. The number of benzene rings is 1. The molecule has 2 heterocycles. The van der Waals surface area contributed by atoms with E-state index in [-0.39, 0.29) is 0 Å². The largest absolute Gasteiger partial charge is 0.497 e. The van der Waals surface area contributed by atoms with Gasteiger partial charge < -0.3 is 15.0 Å². The smallest absolute Gasteiger partial charge is 0.229 e. The van der Waals surface area contributed by atoms with E-state index in [0.717, 1.165) is 36.0 Å². The zero-order valence-corrected chi connectivity index (χ0v) is 13.2. The van der Waals surface area contributed by atoms with Crippen molar-refractivity contribution in [2.45, 2.75) is 26.2 Å². The van der Waals surface area contributed by atoms with Crippen LogP contribution in [0, 0.1) is 6.92 Å². The summed E-state index contributed by atoms with van der Waals surface area (Å²) in [6.45, 7) is 4.16. The fourth-order valence-electron chi connectivity index (χ4n) is 2.72. The van der Waals surface area contributed by atoms with Gasteiger partial charge >= 0.3 is 0 Å². The predicted octanol–water partition coefficient (Wildman–Crippen LogP) is 3.53. The Morgan fingerprint density at radius 3 is 2.68 bits per heavy atom. The van der Waals surface area contributed by atoms with Crippen LogP contribution in [-0.4, -0.2) is 30.2 Å². The van der Waals surface area contributed by atoms with Crippen molar-refractivity contribution < 1.29 is 4.74 Å². The fourth-order valence-corrected chi connectivity index (χ4v) is 2.72. The van der Waals surface area contributed by atoms with Gasteiger partial charge in [0.15, 0.2) is 0 Å². The highest BCUT2D eigenvalue weighted by molar-refractivity contribution is 5.57. The average molecular weight is 298 g/mol. The fraction of sp³-hybridized carbons (Fsp3) is 0.412. The van der Waals surface area contributed by atoms with E-state index in [2.05, 4.69) is 26.3 Å².